The number of aromatic nitrogens is 2. The van der Waals surface area contributed by atoms with Crippen molar-refractivity contribution in [2.24, 2.45) is 0 Å². The van der Waals surface area contributed by atoms with Gasteiger partial charge >= 0.3 is 5.97 Å². The van der Waals surface area contributed by atoms with E-state index in [4.69, 9.17) is 5.11 Å². The number of imidazole rings is 1. The second kappa shape index (κ2) is 5.33. The van der Waals surface area contributed by atoms with Crippen LogP contribution in [0.25, 0.3) is 5.65 Å². The molecule has 22 heavy (non-hydrogen) atoms. The Bertz CT molecular complexity index is 883. The summed E-state index contributed by atoms with van der Waals surface area (Å²) in [7, 11) is 0. The van der Waals surface area contributed by atoms with Crippen molar-refractivity contribution in [3.05, 3.63) is 65.6 Å². The normalized spacial score (nSPS) is 10.6. The number of carboxylic acid groups (broad SMARTS) is 1. The Morgan fingerprint density at radius 2 is 2.00 bits per heavy atom. The van der Waals surface area contributed by atoms with Crippen molar-refractivity contribution in [3.8, 4) is 0 Å². The highest BCUT2D eigenvalue weighted by Crippen LogP contribution is 2.17. The van der Waals surface area contributed by atoms with Crippen molar-refractivity contribution in [3.63, 3.8) is 0 Å². The number of amides is 1. The number of carboxylic acids is 1. The molecule has 0 atom stereocenters. The van der Waals surface area contributed by atoms with Crippen LogP contribution in [0, 0.1) is 6.92 Å². The van der Waals surface area contributed by atoms with Gasteiger partial charge in [0.25, 0.3) is 5.91 Å². The minimum absolute atomic E-state index is 0.0496. The van der Waals surface area contributed by atoms with E-state index < -0.39 is 5.97 Å². The Balaban J connectivity index is 1.91. The summed E-state index contributed by atoms with van der Waals surface area (Å²) < 4.78 is 1.82. The second-order valence-corrected chi connectivity index (χ2v) is 4.87. The molecule has 0 fully saturated rings. The zero-order valence-electron chi connectivity index (χ0n) is 11.8. The molecule has 0 bridgehead atoms. The Labute approximate surface area is 126 Å². The number of carbonyl (C=O) groups is 2. The van der Waals surface area contributed by atoms with E-state index in [0.717, 1.165) is 5.69 Å². The van der Waals surface area contributed by atoms with Crippen LogP contribution < -0.4 is 5.32 Å². The smallest absolute Gasteiger partial charge is 0.337 e. The molecule has 2 heterocycles. The molecule has 1 amide bonds. The van der Waals surface area contributed by atoms with E-state index in [-0.39, 0.29) is 17.2 Å². The van der Waals surface area contributed by atoms with Crippen LogP contribution in [0.5, 0.6) is 0 Å². The molecular formula is C16H13N3O3. The van der Waals surface area contributed by atoms with E-state index in [1.807, 2.05) is 17.5 Å². The summed E-state index contributed by atoms with van der Waals surface area (Å²) in [6, 6.07) is 9.60. The summed E-state index contributed by atoms with van der Waals surface area (Å²) in [5.41, 5.74) is 2.25. The fourth-order valence-electron chi connectivity index (χ4n) is 2.22. The predicted octanol–water partition coefficient (Wildman–Crippen LogP) is 2.59. The maximum atomic E-state index is 12.3. The number of carbonyl (C=O) groups excluding carboxylic acids is 1. The van der Waals surface area contributed by atoms with Gasteiger partial charge in [0.05, 0.1) is 16.9 Å². The fraction of sp³-hybridized carbons (Fsp3) is 0.0625. The van der Waals surface area contributed by atoms with Gasteiger partial charge in [0.15, 0.2) is 0 Å². The van der Waals surface area contributed by atoms with Crippen LogP contribution in [0.15, 0.2) is 48.8 Å². The van der Waals surface area contributed by atoms with E-state index in [9.17, 15) is 9.59 Å². The molecule has 0 saturated heterocycles. The van der Waals surface area contributed by atoms with E-state index in [2.05, 4.69) is 10.3 Å². The molecular weight excluding hydrogens is 282 g/mol. The first-order valence-corrected chi connectivity index (χ1v) is 6.63. The molecule has 0 spiro atoms. The van der Waals surface area contributed by atoms with Crippen LogP contribution in [0.3, 0.4) is 0 Å². The lowest BCUT2D eigenvalue weighted by Gasteiger charge is -2.08. The molecule has 0 aliphatic carbocycles. The minimum Gasteiger partial charge on any atom is -0.478 e. The number of fused-ring (bicyclic) bond motifs is 1. The van der Waals surface area contributed by atoms with Gasteiger partial charge in [-0.15, -0.1) is 0 Å². The van der Waals surface area contributed by atoms with Crippen molar-refractivity contribution < 1.29 is 14.7 Å². The third-order valence-corrected chi connectivity index (χ3v) is 3.25. The number of hydrogen-bond donors (Lipinski definition) is 2. The lowest BCUT2D eigenvalue weighted by molar-refractivity contribution is 0.0698. The molecule has 6 nitrogen and oxygen atoms in total. The number of aromatic carboxylic acids is 1. The number of nitrogens with one attached hydrogen (secondary N) is 1. The monoisotopic (exact) mass is 295 g/mol. The number of aryl methyl sites for hydroxylation is 1. The van der Waals surface area contributed by atoms with Crippen molar-refractivity contribution >= 4 is 23.2 Å². The average molecular weight is 295 g/mol. The molecule has 0 aliphatic rings. The molecule has 0 radical (unpaired) electrons. The van der Waals surface area contributed by atoms with Crippen molar-refractivity contribution in [2.45, 2.75) is 6.92 Å². The number of anilines is 1. The zero-order chi connectivity index (χ0) is 15.7. The van der Waals surface area contributed by atoms with Crippen LogP contribution in [-0.2, 0) is 0 Å². The molecule has 3 aromatic rings. The van der Waals surface area contributed by atoms with E-state index >= 15 is 0 Å². The van der Waals surface area contributed by atoms with Crippen molar-refractivity contribution in [2.75, 3.05) is 5.32 Å². The summed E-state index contributed by atoms with van der Waals surface area (Å²) in [6.07, 6.45) is 3.60. The lowest BCUT2D eigenvalue weighted by Crippen LogP contribution is -2.15. The lowest BCUT2D eigenvalue weighted by atomic mass is 10.1. The Hall–Kier alpha value is -3.15. The van der Waals surface area contributed by atoms with E-state index in [1.165, 1.54) is 6.07 Å². The van der Waals surface area contributed by atoms with E-state index in [0.29, 0.717) is 11.2 Å². The van der Waals surface area contributed by atoms with Crippen LogP contribution in [0.4, 0.5) is 5.69 Å². The van der Waals surface area contributed by atoms with Crippen LogP contribution in [0.1, 0.15) is 26.4 Å². The van der Waals surface area contributed by atoms with E-state index in [1.54, 1.807) is 36.5 Å². The first-order chi connectivity index (χ1) is 10.5. The van der Waals surface area contributed by atoms with Gasteiger partial charge in [-0.25, -0.2) is 9.78 Å². The zero-order valence-corrected chi connectivity index (χ0v) is 11.8. The number of pyridine rings is 1. The number of rotatable bonds is 3. The maximum absolute atomic E-state index is 12.3. The number of benzene rings is 1. The summed E-state index contributed by atoms with van der Waals surface area (Å²) in [4.78, 5) is 27.7. The largest absolute Gasteiger partial charge is 0.478 e. The molecule has 1 aromatic carbocycles. The predicted molar refractivity (Wildman–Crippen MR) is 81.3 cm³/mol. The number of nitrogens with zero attached hydrogens (tertiary/aromatic N) is 2. The van der Waals surface area contributed by atoms with Crippen LogP contribution in [-0.4, -0.2) is 26.4 Å². The van der Waals surface area contributed by atoms with Gasteiger partial charge in [0.1, 0.15) is 5.65 Å². The van der Waals surface area contributed by atoms with Gasteiger partial charge in [0.2, 0.25) is 0 Å². The first kappa shape index (κ1) is 13.8. The highest BCUT2D eigenvalue weighted by atomic mass is 16.4. The maximum Gasteiger partial charge on any atom is 0.337 e. The van der Waals surface area contributed by atoms with Crippen molar-refractivity contribution in [1.29, 1.82) is 0 Å². The molecule has 0 saturated carbocycles. The SMILES string of the molecule is Cc1cn2ccc(C(=O)Nc3ccccc3C(=O)O)cc2n1. The molecule has 3 rings (SSSR count). The third-order valence-electron chi connectivity index (χ3n) is 3.25. The van der Waals surface area contributed by atoms with Gasteiger partial charge in [-0.3, -0.25) is 4.79 Å². The Morgan fingerprint density at radius 1 is 1.23 bits per heavy atom. The molecule has 0 aliphatic heterocycles. The Morgan fingerprint density at radius 3 is 2.77 bits per heavy atom. The number of hydrogen-bond acceptors (Lipinski definition) is 3. The second-order valence-electron chi connectivity index (χ2n) is 4.87. The molecule has 2 aromatic heterocycles. The minimum atomic E-state index is -1.09. The van der Waals surface area contributed by atoms with Crippen molar-refractivity contribution in [1.82, 2.24) is 9.38 Å². The summed E-state index contributed by atoms with van der Waals surface area (Å²) in [6.45, 7) is 1.87. The Kier molecular flexibility index (Phi) is 3.34. The fourth-order valence-corrected chi connectivity index (χ4v) is 2.22. The van der Waals surface area contributed by atoms with Gasteiger partial charge in [-0.2, -0.15) is 0 Å². The highest BCUT2D eigenvalue weighted by molar-refractivity contribution is 6.08. The molecule has 110 valence electrons. The first-order valence-electron chi connectivity index (χ1n) is 6.63. The molecule has 6 heteroatoms. The highest BCUT2D eigenvalue weighted by Gasteiger charge is 2.13. The summed E-state index contributed by atoms with van der Waals surface area (Å²) >= 11 is 0. The van der Waals surface area contributed by atoms with Gasteiger partial charge < -0.3 is 14.8 Å². The average Bonchev–Trinajstić information content (AvgIpc) is 2.86. The van der Waals surface area contributed by atoms with Crippen LogP contribution in [0.2, 0.25) is 0 Å². The number of para-hydroxylation sites is 1. The topological polar surface area (TPSA) is 83.7 Å². The van der Waals surface area contributed by atoms with Gasteiger partial charge in [-0.05, 0) is 31.2 Å². The van der Waals surface area contributed by atoms with Crippen LogP contribution >= 0.6 is 0 Å². The molecule has 2 N–H and O–H groups in total. The quantitative estimate of drug-likeness (QED) is 0.778. The molecule has 0 unspecified atom stereocenters. The third kappa shape index (κ3) is 2.54. The standard InChI is InChI=1S/C16H13N3O3/c1-10-9-19-7-6-11(8-14(19)17-10)15(20)18-13-5-3-2-4-12(13)16(21)22/h2-9H,1H3,(H,18,20)(H,21,22). The van der Waals surface area contributed by atoms with Gasteiger partial charge in [0, 0.05) is 18.0 Å². The van der Waals surface area contributed by atoms with Gasteiger partial charge in [-0.1, -0.05) is 12.1 Å². The summed E-state index contributed by atoms with van der Waals surface area (Å²) in [5, 5.41) is 11.8. The summed E-state index contributed by atoms with van der Waals surface area (Å²) in [5.74, 6) is -1.47.